The van der Waals surface area contributed by atoms with Crippen molar-refractivity contribution >= 4 is 14.2 Å². The highest BCUT2D eigenvalue weighted by atomic mass is 31.1. The topological polar surface area (TPSA) is 82.1 Å². The van der Waals surface area contributed by atoms with Crippen LogP contribution in [0.1, 0.15) is 0 Å². The van der Waals surface area contributed by atoms with Gasteiger partial charge in [0.2, 0.25) is 0 Å². The zero-order valence-electron chi connectivity index (χ0n) is 7.53. The number of carbonyl (C=O) groups excluding carboxylic acids is 1. The van der Waals surface area contributed by atoms with E-state index in [-0.39, 0.29) is 0 Å². The summed E-state index contributed by atoms with van der Waals surface area (Å²) < 4.78 is 22.8. The van der Waals surface area contributed by atoms with Crippen LogP contribution >= 0.6 is 8.25 Å². The summed E-state index contributed by atoms with van der Waals surface area (Å²) in [4.78, 5) is 10.9. The Bertz CT molecular complexity index is 338. The van der Waals surface area contributed by atoms with Crippen molar-refractivity contribution in [3.63, 3.8) is 0 Å². The summed E-state index contributed by atoms with van der Waals surface area (Å²) in [6.45, 7) is -0.408. The Morgan fingerprint density at radius 3 is 2.60 bits per heavy atom. The van der Waals surface area contributed by atoms with Gasteiger partial charge in [-0.15, -0.1) is 0 Å². The van der Waals surface area contributed by atoms with Crippen LogP contribution in [0.5, 0.6) is 5.75 Å². The minimum Gasteiger partial charge on any atom is -0.482 e. The quantitative estimate of drug-likeness (QED) is 0.472. The van der Waals surface area contributed by atoms with Crippen LogP contribution in [0, 0.1) is 0 Å². The normalized spacial score (nSPS) is 10.6. The fourth-order valence-corrected chi connectivity index (χ4v) is 1.04. The first-order chi connectivity index (χ1) is 7.22. The molecule has 0 aliphatic heterocycles. The molecule has 1 aromatic rings. The zero-order chi connectivity index (χ0) is 11.1. The first-order valence-electron chi connectivity index (χ1n) is 3.90. The van der Waals surface area contributed by atoms with Gasteiger partial charge in [0.15, 0.2) is 6.61 Å². The molecule has 15 heavy (non-hydrogen) atoms. The second-order valence-corrected chi connectivity index (χ2v) is 3.16. The van der Waals surface area contributed by atoms with E-state index < -0.39 is 20.8 Å². The molecule has 6 nitrogen and oxygen atoms in total. The predicted octanol–water partition coefficient (Wildman–Crippen LogP) is 1.76. The standard InChI is InChI=1S/C8H7O6P/c9-8(13-15(11)14-10)6-12-7-4-2-1-3-5-7/h1-5H,6H2/p+1. The number of para-hydroxylation sites is 1. The van der Waals surface area contributed by atoms with Gasteiger partial charge in [-0.1, -0.05) is 18.2 Å². The number of carbonyl (C=O) groups is 1. The Morgan fingerprint density at radius 2 is 2.00 bits per heavy atom. The first kappa shape index (κ1) is 11.6. The molecule has 1 atom stereocenters. The maximum Gasteiger partial charge on any atom is 0.784 e. The smallest absolute Gasteiger partial charge is 0.482 e. The largest absolute Gasteiger partial charge is 0.784 e. The number of hydrogen-bond acceptors (Lipinski definition) is 6. The van der Waals surface area contributed by atoms with Gasteiger partial charge < -0.3 is 4.74 Å². The molecule has 0 aromatic heterocycles. The molecule has 0 bridgehead atoms. The summed E-state index contributed by atoms with van der Waals surface area (Å²) in [5.41, 5.74) is 0. The monoisotopic (exact) mass is 231 g/mol. The number of benzene rings is 1. The predicted molar refractivity (Wildman–Crippen MR) is 49.3 cm³/mol. The molecule has 0 fully saturated rings. The molecule has 1 unspecified atom stereocenters. The van der Waals surface area contributed by atoms with E-state index >= 15 is 0 Å². The van der Waals surface area contributed by atoms with Crippen LogP contribution in [0.2, 0.25) is 0 Å². The van der Waals surface area contributed by atoms with Crippen LogP contribution in [0.25, 0.3) is 0 Å². The molecule has 0 aliphatic rings. The molecule has 1 N–H and O–H groups in total. The molecule has 80 valence electrons. The van der Waals surface area contributed by atoms with Crippen molar-refractivity contribution in [2.45, 2.75) is 0 Å². The van der Waals surface area contributed by atoms with Gasteiger partial charge in [0.1, 0.15) is 5.75 Å². The summed E-state index contributed by atoms with van der Waals surface area (Å²) in [5.74, 6) is -0.413. The lowest BCUT2D eigenvalue weighted by molar-refractivity contribution is -0.154. The van der Waals surface area contributed by atoms with Crippen LogP contribution < -0.4 is 4.74 Å². The van der Waals surface area contributed by atoms with Gasteiger partial charge >= 0.3 is 14.2 Å². The summed E-state index contributed by atoms with van der Waals surface area (Å²) in [6.07, 6.45) is 0. The van der Waals surface area contributed by atoms with Crippen molar-refractivity contribution in [3.8, 4) is 5.75 Å². The van der Waals surface area contributed by atoms with Crippen molar-refractivity contribution in [3.05, 3.63) is 30.3 Å². The first-order valence-corrected chi connectivity index (χ1v) is 4.99. The summed E-state index contributed by atoms with van der Waals surface area (Å²) in [6, 6.07) is 8.56. The Labute approximate surface area is 86.3 Å². The minimum absolute atomic E-state index is 0.408. The maximum atomic E-state index is 10.9. The van der Waals surface area contributed by atoms with E-state index in [0.717, 1.165) is 0 Å². The van der Waals surface area contributed by atoms with Gasteiger partial charge in [-0.25, -0.2) is 10.1 Å². The lowest BCUT2D eigenvalue weighted by Crippen LogP contribution is -2.11. The third-order valence-electron chi connectivity index (χ3n) is 1.34. The Hall–Kier alpha value is -1.49. The molecule has 1 rings (SSSR count). The summed E-state index contributed by atoms with van der Waals surface area (Å²) >= 11 is 0. The van der Waals surface area contributed by atoms with Crippen molar-refractivity contribution in [1.29, 1.82) is 0 Å². The molecule has 0 heterocycles. The SMILES string of the molecule is O=C(COc1ccccc1)O[P+](=O)OO. The molecule has 7 heteroatoms. The Balaban J connectivity index is 2.32. The fraction of sp³-hybridized carbons (Fsp3) is 0.125. The Kier molecular flexibility index (Phi) is 4.70. The highest BCUT2D eigenvalue weighted by Crippen LogP contribution is 2.21. The van der Waals surface area contributed by atoms with Crippen LogP contribution in [-0.2, 0) is 18.6 Å². The van der Waals surface area contributed by atoms with Crippen LogP contribution in [0.3, 0.4) is 0 Å². The lowest BCUT2D eigenvalue weighted by atomic mass is 10.3. The van der Waals surface area contributed by atoms with Crippen molar-refractivity contribution < 1.29 is 28.6 Å². The van der Waals surface area contributed by atoms with Gasteiger partial charge in [-0.2, -0.15) is 4.52 Å². The van der Waals surface area contributed by atoms with Gasteiger partial charge in [-0.05, 0) is 12.1 Å². The molecule has 0 radical (unpaired) electrons. The van der Waals surface area contributed by atoms with Crippen molar-refractivity contribution in [1.82, 2.24) is 0 Å². The fourth-order valence-electron chi connectivity index (χ4n) is 0.785. The highest BCUT2D eigenvalue weighted by molar-refractivity contribution is 7.33. The summed E-state index contributed by atoms with van der Waals surface area (Å²) in [5, 5.41) is 7.87. The van der Waals surface area contributed by atoms with Crippen LogP contribution in [-0.4, -0.2) is 17.8 Å². The number of hydrogen-bond donors (Lipinski definition) is 1. The van der Waals surface area contributed by atoms with E-state index in [1.165, 1.54) is 0 Å². The molecule has 0 spiro atoms. The third kappa shape index (κ3) is 4.51. The Morgan fingerprint density at radius 1 is 1.33 bits per heavy atom. The molecule has 1 aromatic carbocycles. The molecular formula is C8H8O6P+. The third-order valence-corrected chi connectivity index (χ3v) is 1.83. The van der Waals surface area contributed by atoms with Gasteiger partial charge in [0.25, 0.3) is 0 Å². The molecule has 0 aliphatic carbocycles. The van der Waals surface area contributed by atoms with E-state index in [9.17, 15) is 9.36 Å². The average Bonchev–Trinajstić information content (AvgIpc) is 2.27. The zero-order valence-corrected chi connectivity index (χ0v) is 8.42. The maximum absolute atomic E-state index is 10.9. The van der Waals surface area contributed by atoms with Crippen LogP contribution in [0.4, 0.5) is 0 Å². The van der Waals surface area contributed by atoms with E-state index in [4.69, 9.17) is 9.99 Å². The van der Waals surface area contributed by atoms with E-state index in [0.29, 0.717) is 5.75 Å². The van der Waals surface area contributed by atoms with E-state index in [2.05, 4.69) is 9.20 Å². The van der Waals surface area contributed by atoms with E-state index in [1.54, 1.807) is 30.3 Å². The van der Waals surface area contributed by atoms with Crippen molar-refractivity contribution in [2.75, 3.05) is 6.61 Å². The average molecular weight is 231 g/mol. The minimum atomic E-state index is -2.82. The van der Waals surface area contributed by atoms with E-state index in [1.807, 2.05) is 0 Å². The second kappa shape index (κ2) is 6.08. The van der Waals surface area contributed by atoms with Gasteiger partial charge in [0, 0.05) is 4.57 Å². The summed E-state index contributed by atoms with van der Waals surface area (Å²) in [7, 11) is -2.82. The van der Waals surface area contributed by atoms with Crippen LogP contribution in [0.15, 0.2) is 30.3 Å². The highest BCUT2D eigenvalue weighted by Gasteiger charge is 2.26. The molecule has 0 saturated carbocycles. The molecule has 0 saturated heterocycles. The molecular weight excluding hydrogens is 223 g/mol. The van der Waals surface area contributed by atoms with Gasteiger partial charge in [-0.3, -0.25) is 0 Å². The molecule has 0 amide bonds. The van der Waals surface area contributed by atoms with Gasteiger partial charge in [0.05, 0.1) is 4.67 Å². The lowest BCUT2D eigenvalue weighted by Gasteiger charge is -2.00. The van der Waals surface area contributed by atoms with Crippen molar-refractivity contribution in [2.24, 2.45) is 0 Å². The second-order valence-electron chi connectivity index (χ2n) is 2.37. The number of rotatable bonds is 5. The number of ether oxygens (including phenoxy) is 1.